The Kier molecular flexibility index (Phi) is 6.20. The van der Waals surface area contributed by atoms with Crippen molar-refractivity contribution in [2.24, 2.45) is 5.92 Å². The highest BCUT2D eigenvalue weighted by Crippen LogP contribution is 2.22. The van der Waals surface area contributed by atoms with Crippen LogP contribution < -0.4 is 5.32 Å². The van der Waals surface area contributed by atoms with Crippen LogP contribution in [0.2, 0.25) is 0 Å². The Labute approximate surface area is 88.1 Å². The first-order valence-corrected chi connectivity index (χ1v) is 6.21. The number of aliphatic hydroxyl groups excluding tert-OH is 1. The number of hydrogen-bond acceptors (Lipinski definition) is 2. The third-order valence-electron chi connectivity index (χ3n) is 3.38. The van der Waals surface area contributed by atoms with Gasteiger partial charge in [0.15, 0.2) is 0 Å². The van der Waals surface area contributed by atoms with Crippen molar-refractivity contribution < 1.29 is 5.11 Å². The van der Waals surface area contributed by atoms with Crippen LogP contribution in [0.15, 0.2) is 0 Å². The van der Waals surface area contributed by atoms with Gasteiger partial charge < -0.3 is 10.4 Å². The molecule has 0 aromatic carbocycles. The summed E-state index contributed by atoms with van der Waals surface area (Å²) in [6.45, 7) is 3.52. The third-order valence-corrected chi connectivity index (χ3v) is 3.38. The Bertz CT molecular complexity index is 126. The van der Waals surface area contributed by atoms with Crippen LogP contribution in [0.1, 0.15) is 51.9 Å². The molecule has 0 amide bonds. The van der Waals surface area contributed by atoms with E-state index in [1.807, 2.05) is 0 Å². The smallest absolute Gasteiger partial charge is 0.0584 e. The topological polar surface area (TPSA) is 32.3 Å². The fraction of sp³-hybridized carbons (Fsp3) is 1.00. The van der Waals surface area contributed by atoms with E-state index in [9.17, 15) is 0 Å². The number of rotatable bonds is 5. The number of hydrogen-bond donors (Lipinski definition) is 2. The van der Waals surface area contributed by atoms with Crippen molar-refractivity contribution in [3.63, 3.8) is 0 Å². The summed E-state index contributed by atoms with van der Waals surface area (Å²) < 4.78 is 0. The lowest BCUT2D eigenvalue weighted by Gasteiger charge is -2.19. The van der Waals surface area contributed by atoms with Gasteiger partial charge >= 0.3 is 0 Å². The van der Waals surface area contributed by atoms with Crippen LogP contribution in [0.25, 0.3) is 0 Å². The molecule has 84 valence electrons. The normalized spacial score (nSPS) is 21.9. The Morgan fingerprint density at radius 2 is 1.86 bits per heavy atom. The highest BCUT2D eigenvalue weighted by Gasteiger charge is 2.13. The van der Waals surface area contributed by atoms with E-state index in [4.69, 9.17) is 5.11 Å². The summed E-state index contributed by atoms with van der Waals surface area (Å²) in [4.78, 5) is 0. The van der Waals surface area contributed by atoms with E-state index < -0.39 is 0 Å². The van der Waals surface area contributed by atoms with Crippen molar-refractivity contribution in [1.82, 2.24) is 5.32 Å². The molecule has 1 fully saturated rings. The fourth-order valence-electron chi connectivity index (χ4n) is 2.24. The first-order valence-electron chi connectivity index (χ1n) is 6.21. The molecule has 0 aromatic heterocycles. The molecule has 0 aromatic rings. The largest absolute Gasteiger partial charge is 0.395 e. The van der Waals surface area contributed by atoms with E-state index in [0.717, 1.165) is 18.9 Å². The minimum Gasteiger partial charge on any atom is -0.395 e. The Morgan fingerprint density at radius 1 is 1.21 bits per heavy atom. The van der Waals surface area contributed by atoms with Crippen molar-refractivity contribution in [3.8, 4) is 0 Å². The van der Waals surface area contributed by atoms with Gasteiger partial charge in [-0.3, -0.25) is 0 Å². The van der Waals surface area contributed by atoms with Crippen LogP contribution in [0.4, 0.5) is 0 Å². The molecule has 0 heterocycles. The second kappa shape index (κ2) is 7.24. The van der Waals surface area contributed by atoms with Gasteiger partial charge in [0, 0.05) is 6.04 Å². The molecule has 0 unspecified atom stereocenters. The van der Waals surface area contributed by atoms with Crippen molar-refractivity contribution in [3.05, 3.63) is 0 Å². The zero-order chi connectivity index (χ0) is 10.2. The molecule has 0 bridgehead atoms. The first kappa shape index (κ1) is 12.0. The summed E-state index contributed by atoms with van der Waals surface area (Å²) in [5.41, 5.74) is 0. The third kappa shape index (κ3) is 4.43. The van der Waals surface area contributed by atoms with Gasteiger partial charge in [-0.2, -0.15) is 0 Å². The molecular formula is C12H25NO. The van der Waals surface area contributed by atoms with Crippen molar-refractivity contribution in [1.29, 1.82) is 0 Å². The SMILES string of the molecule is CC[C@@H](CO)NCC1CCCCCC1. The maximum atomic E-state index is 9.05. The van der Waals surface area contributed by atoms with Gasteiger partial charge in [0.25, 0.3) is 0 Å². The molecule has 1 aliphatic rings. The number of aliphatic hydroxyl groups is 1. The van der Waals surface area contributed by atoms with Crippen LogP contribution in [0.5, 0.6) is 0 Å². The van der Waals surface area contributed by atoms with Gasteiger partial charge in [-0.1, -0.05) is 32.6 Å². The van der Waals surface area contributed by atoms with Crippen LogP contribution in [0.3, 0.4) is 0 Å². The lowest BCUT2D eigenvalue weighted by atomic mass is 10.00. The number of nitrogens with one attached hydrogen (secondary N) is 1. The molecule has 0 aliphatic heterocycles. The second-order valence-electron chi connectivity index (χ2n) is 4.55. The van der Waals surface area contributed by atoms with E-state index in [1.165, 1.54) is 38.5 Å². The average Bonchev–Trinajstić information content (AvgIpc) is 2.48. The highest BCUT2D eigenvalue weighted by atomic mass is 16.3. The zero-order valence-electron chi connectivity index (χ0n) is 9.47. The summed E-state index contributed by atoms with van der Waals surface area (Å²) in [5.74, 6) is 0.859. The molecule has 0 saturated heterocycles. The maximum absolute atomic E-state index is 9.05. The Hall–Kier alpha value is -0.0800. The molecule has 1 aliphatic carbocycles. The average molecular weight is 199 g/mol. The predicted octanol–water partition coefficient (Wildman–Crippen LogP) is 2.32. The highest BCUT2D eigenvalue weighted by molar-refractivity contribution is 4.70. The lowest BCUT2D eigenvalue weighted by molar-refractivity contribution is 0.231. The Balaban J connectivity index is 2.14. The molecule has 2 nitrogen and oxygen atoms in total. The summed E-state index contributed by atoms with van der Waals surface area (Å²) in [5, 5.41) is 12.5. The first-order chi connectivity index (χ1) is 6.86. The predicted molar refractivity (Wildman–Crippen MR) is 60.4 cm³/mol. The summed E-state index contributed by atoms with van der Waals surface area (Å²) in [6, 6.07) is 0.318. The van der Waals surface area contributed by atoms with E-state index in [1.54, 1.807) is 0 Å². The quantitative estimate of drug-likeness (QED) is 0.666. The molecule has 1 atom stereocenters. The maximum Gasteiger partial charge on any atom is 0.0584 e. The summed E-state index contributed by atoms with van der Waals surface area (Å²) in [7, 11) is 0. The van der Waals surface area contributed by atoms with E-state index in [-0.39, 0.29) is 6.61 Å². The van der Waals surface area contributed by atoms with E-state index in [0.29, 0.717) is 6.04 Å². The molecule has 1 saturated carbocycles. The van der Waals surface area contributed by atoms with Crippen molar-refractivity contribution in [2.45, 2.75) is 57.9 Å². The molecule has 0 radical (unpaired) electrons. The second-order valence-corrected chi connectivity index (χ2v) is 4.55. The zero-order valence-corrected chi connectivity index (χ0v) is 9.47. The summed E-state index contributed by atoms with van der Waals surface area (Å²) >= 11 is 0. The van der Waals surface area contributed by atoms with Gasteiger partial charge in [0.1, 0.15) is 0 Å². The van der Waals surface area contributed by atoms with Gasteiger partial charge in [0.05, 0.1) is 6.61 Å². The van der Waals surface area contributed by atoms with Gasteiger partial charge in [-0.05, 0) is 31.7 Å². The Morgan fingerprint density at radius 3 is 2.36 bits per heavy atom. The van der Waals surface area contributed by atoms with Crippen LogP contribution >= 0.6 is 0 Å². The molecule has 1 rings (SSSR count). The standard InChI is InChI=1S/C12H25NO/c1-2-12(10-14)13-9-11-7-5-3-4-6-8-11/h11-14H,2-10H2,1H3/t12-/m0/s1. The fourth-order valence-corrected chi connectivity index (χ4v) is 2.24. The van der Waals surface area contributed by atoms with Gasteiger partial charge in [-0.25, -0.2) is 0 Å². The molecular weight excluding hydrogens is 174 g/mol. The minimum absolute atomic E-state index is 0.281. The van der Waals surface area contributed by atoms with Crippen LogP contribution in [0, 0.1) is 5.92 Å². The molecule has 2 N–H and O–H groups in total. The minimum atomic E-state index is 0.281. The molecule has 0 spiro atoms. The molecule has 2 heteroatoms. The summed E-state index contributed by atoms with van der Waals surface area (Å²) in [6.07, 6.45) is 9.46. The van der Waals surface area contributed by atoms with Gasteiger partial charge in [-0.15, -0.1) is 0 Å². The molecule has 14 heavy (non-hydrogen) atoms. The van der Waals surface area contributed by atoms with E-state index >= 15 is 0 Å². The van der Waals surface area contributed by atoms with Crippen LogP contribution in [-0.2, 0) is 0 Å². The monoisotopic (exact) mass is 199 g/mol. The van der Waals surface area contributed by atoms with E-state index in [2.05, 4.69) is 12.2 Å². The van der Waals surface area contributed by atoms with Crippen molar-refractivity contribution in [2.75, 3.05) is 13.2 Å². The van der Waals surface area contributed by atoms with Gasteiger partial charge in [0.2, 0.25) is 0 Å². The van der Waals surface area contributed by atoms with Crippen molar-refractivity contribution >= 4 is 0 Å². The lowest BCUT2D eigenvalue weighted by Crippen LogP contribution is -2.35. The van der Waals surface area contributed by atoms with Crippen LogP contribution in [-0.4, -0.2) is 24.3 Å².